The first-order valence-electron chi connectivity index (χ1n) is 6.16. The van der Waals surface area contributed by atoms with Crippen LogP contribution in [0, 0.1) is 0 Å². The van der Waals surface area contributed by atoms with Crippen LogP contribution in [0.3, 0.4) is 0 Å². The van der Waals surface area contributed by atoms with Crippen molar-refractivity contribution in [1.82, 2.24) is 5.32 Å². The molecule has 3 heteroatoms. The van der Waals surface area contributed by atoms with Crippen molar-refractivity contribution in [2.24, 2.45) is 0 Å². The van der Waals surface area contributed by atoms with E-state index in [4.69, 9.17) is 5.11 Å². The molecule has 3 nitrogen and oxygen atoms in total. The van der Waals surface area contributed by atoms with Crippen molar-refractivity contribution in [3.05, 3.63) is 35.9 Å². The number of aliphatic hydroxyl groups excluding tert-OH is 1. The fraction of sp³-hybridized carbons (Fsp3) is 0.500. The van der Waals surface area contributed by atoms with Gasteiger partial charge in [0.2, 0.25) is 5.91 Å². The van der Waals surface area contributed by atoms with E-state index in [1.807, 2.05) is 18.2 Å². The molecule has 1 atom stereocenters. The smallest absolute Gasteiger partial charge is 0.220 e. The van der Waals surface area contributed by atoms with E-state index in [0.29, 0.717) is 6.42 Å². The molecule has 0 aliphatic carbocycles. The minimum Gasteiger partial charge on any atom is -0.394 e. The number of rotatable bonds is 7. The van der Waals surface area contributed by atoms with Crippen LogP contribution >= 0.6 is 0 Å². The van der Waals surface area contributed by atoms with Crippen molar-refractivity contribution < 1.29 is 9.90 Å². The summed E-state index contributed by atoms with van der Waals surface area (Å²) in [6.07, 6.45) is 3.46. The molecule has 0 aromatic heterocycles. The number of hydrogen-bond donors (Lipinski definition) is 2. The highest BCUT2D eigenvalue weighted by Gasteiger charge is 2.05. The van der Waals surface area contributed by atoms with Gasteiger partial charge in [-0.3, -0.25) is 4.79 Å². The van der Waals surface area contributed by atoms with Gasteiger partial charge in [-0.05, 0) is 31.7 Å². The maximum atomic E-state index is 11.4. The quantitative estimate of drug-likeness (QED) is 0.709. The average Bonchev–Trinajstić information content (AvgIpc) is 2.36. The maximum Gasteiger partial charge on any atom is 0.220 e. The molecular formula is C14H21NO2. The lowest BCUT2D eigenvalue weighted by atomic mass is 10.1. The highest BCUT2D eigenvalue weighted by molar-refractivity contribution is 5.76. The number of carbonyl (C=O) groups is 1. The van der Waals surface area contributed by atoms with Crippen LogP contribution in [-0.2, 0) is 11.2 Å². The van der Waals surface area contributed by atoms with Crippen molar-refractivity contribution in [2.75, 3.05) is 6.61 Å². The summed E-state index contributed by atoms with van der Waals surface area (Å²) in [5.41, 5.74) is 1.32. The largest absolute Gasteiger partial charge is 0.394 e. The monoisotopic (exact) mass is 235 g/mol. The Bertz CT molecular complexity index is 324. The van der Waals surface area contributed by atoms with Gasteiger partial charge in [0.1, 0.15) is 0 Å². The minimum atomic E-state index is -0.142. The van der Waals surface area contributed by atoms with Gasteiger partial charge in [0.15, 0.2) is 0 Å². The molecule has 1 aromatic rings. The van der Waals surface area contributed by atoms with Gasteiger partial charge in [0.05, 0.1) is 6.61 Å². The Morgan fingerprint density at radius 1 is 1.29 bits per heavy atom. The molecule has 0 aliphatic rings. The molecule has 0 saturated carbocycles. The fourth-order valence-corrected chi connectivity index (χ4v) is 1.65. The van der Waals surface area contributed by atoms with Gasteiger partial charge in [-0.15, -0.1) is 0 Å². The normalized spacial score (nSPS) is 12.1. The predicted octanol–water partition coefficient (Wildman–Crippen LogP) is 1.90. The third-order valence-electron chi connectivity index (χ3n) is 2.64. The van der Waals surface area contributed by atoms with Gasteiger partial charge in [-0.2, -0.15) is 0 Å². The Hall–Kier alpha value is -1.35. The van der Waals surface area contributed by atoms with Crippen molar-refractivity contribution in [2.45, 2.75) is 38.6 Å². The highest BCUT2D eigenvalue weighted by atomic mass is 16.3. The maximum absolute atomic E-state index is 11.4. The summed E-state index contributed by atoms with van der Waals surface area (Å²) in [5, 5.41) is 11.5. The number of aliphatic hydroxyl groups is 1. The number of unbranched alkanes of at least 4 members (excludes halogenated alkanes) is 1. The molecule has 0 saturated heterocycles. The number of aryl methyl sites for hydroxylation is 1. The Labute approximate surface area is 103 Å². The van der Waals surface area contributed by atoms with E-state index in [0.717, 1.165) is 19.3 Å². The molecule has 94 valence electrons. The lowest BCUT2D eigenvalue weighted by Gasteiger charge is -2.10. The van der Waals surface area contributed by atoms with E-state index in [1.165, 1.54) is 5.56 Å². The Morgan fingerprint density at radius 3 is 2.65 bits per heavy atom. The lowest BCUT2D eigenvalue weighted by molar-refractivity contribution is -0.122. The van der Waals surface area contributed by atoms with Crippen molar-refractivity contribution >= 4 is 5.91 Å². The summed E-state index contributed by atoms with van der Waals surface area (Å²) in [5.74, 6) is 0.0274. The number of amides is 1. The zero-order valence-electron chi connectivity index (χ0n) is 10.4. The number of nitrogens with one attached hydrogen (secondary N) is 1. The van der Waals surface area contributed by atoms with Crippen molar-refractivity contribution in [3.63, 3.8) is 0 Å². The van der Waals surface area contributed by atoms with E-state index < -0.39 is 0 Å². The number of carbonyl (C=O) groups excluding carboxylic acids is 1. The van der Waals surface area contributed by atoms with Crippen LogP contribution in [0.5, 0.6) is 0 Å². The van der Waals surface area contributed by atoms with Gasteiger partial charge < -0.3 is 10.4 Å². The van der Waals surface area contributed by atoms with E-state index in [1.54, 1.807) is 6.92 Å². The third-order valence-corrected chi connectivity index (χ3v) is 2.64. The molecule has 0 fully saturated rings. The first-order chi connectivity index (χ1) is 8.22. The molecule has 0 aliphatic heterocycles. The van der Waals surface area contributed by atoms with Crippen LogP contribution in [0.1, 0.15) is 31.7 Å². The van der Waals surface area contributed by atoms with Crippen LogP contribution in [-0.4, -0.2) is 23.7 Å². The van der Waals surface area contributed by atoms with Gasteiger partial charge in [0, 0.05) is 12.5 Å². The fourth-order valence-electron chi connectivity index (χ4n) is 1.65. The summed E-state index contributed by atoms with van der Waals surface area (Å²) in [4.78, 5) is 11.4. The second-order valence-electron chi connectivity index (χ2n) is 4.34. The molecule has 0 heterocycles. The molecule has 17 heavy (non-hydrogen) atoms. The van der Waals surface area contributed by atoms with Crippen LogP contribution in [0.4, 0.5) is 0 Å². The Kier molecular flexibility index (Phi) is 6.33. The molecule has 1 aromatic carbocycles. The van der Waals surface area contributed by atoms with Gasteiger partial charge in [-0.1, -0.05) is 30.3 Å². The Morgan fingerprint density at radius 2 is 2.00 bits per heavy atom. The summed E-state index contributed by atoms with van der Waals surface area (Å²) >= 11 is 0. The van der Waals surface area contributed by atoms with E-state index in [-0.39, 0.29) is 18.6 Å². The molecular weight excluding hydrogens is 214 g/mol. The van der Waals surface area contributed by atoms with E-state index in [2.05, 4.69) is 17.4 Å². The van der Waals surface area contributed by atoms with E-state index >= 15 is 0 Å². The van der Waals surface area contributed by atoms with Gasteiger partial charge >= 0.3 is 0 Å². The summed E-state index contributed by atoms with van der Waals surface area (Å²) in [7, 11) is 0. The van der Waals surface area contributed by atoms with Crippen molar-refractivity contribution in [1.29, 1.82) is 0 Å². The number of hydrogen-bond acceptors (Lipinski definition) is 2. The first kappa shape index (κ1) is 13.7. The highest BCUT2D eigenvalue weighted by Crippen LogP contribution is 2.06. The molecule has 0 bridgehead atoms. The molecule has 2 N–H and O–H groups in total. The summed E-state index contributed by atoms with van der Waals surface area (Å²) in [6, 6.07) is 10.1. The molecule has 0 unspecified atom stereocenters. The molecule has 1 amide bonds. The van der Waals surface area contributed by atoms with Gasteiger partial charge in [-0.25, -0.2) is 0 Å². The average molecular weight is 235 g/mol. The summed E-state index contributed by atoms with van der Waals surface area (Å²) < 4.78 is 0. The summed E-state index contributed by atoms with van der Waals surface area (Å²) in [6.45, 7) is 1.79. The standard InChI is InChI=1S/C14H21NO2/c1-12(11-16)15-14(17)10-6-5-9-13-7-3-2-4-8-13/h2-4,7-8,12,16H,5-6,9-11H2,1H3,(H,15,17)/t12-/m0/s1. The topological polar surface area (TPSA) is 49.3 Å². The van der Waals surface area contributed by atoms with Gasteiger partial charge in [0.25, 0.3) is 0 Å². The van der Waals surface area contributed by atoms with E-state index in [9.17, 15) is 4.79 Å². The second-order valence-corrected chi connectivity index (χ2v) is 4.34. The van der Waals surface area contributed by atoms with Crippen LogP contribution in [0.25, 0.3) is 0 Å². The minimum absolute atomic E-state index is 0.00421. The second kappa shape index (κ2) is 7.85. The SMILES string of the molecule is C[C@@H](CO)NC(=O)CCCCc1ccccc1. The third kappa shape index (κ3) is 6.07. The van der Waals surface area contributed by atoms with Crippen molar-refractivity contribution in [3.8, 4) is 0 Å². The van der Waals surface area contributed by atoms with Crippen LogP contribution < -0.4 is 5.32 Å². The molecule has 0 spiro atoms. The first-order valence-corrected chi connectivity index (χ1v) is 6.16. The zero-order valence-corrected chi connectivity index (χ0v) is 10.4. The zero-order chi connectivity index (χ0) is 12.5. The van der Waals surface area contributed by atoms with Crippen LogP contribution in [0.2, 0.25) is 0 Å². The van der Waals surface area contributed by atoms with Crippen LogP contribution in [0.15, 0.2) is 30.3 Å². The Balaban J connectivity index is 2.10. The number of benzene rings is 1. The molecule has 1 rings (SSSR count). The molecule has 0 radical (unpaired) electrons. The lowest BCUT2D eigenvalue weighted by Crippen LogP contribution is -2.34. The predicted molar refractivity (Wildman–Crippen MR) is 68.7 cm³/mol.